The third-order valence-electron chi connectivity index (χ3n) is 4.24. The molecule has 0 aliphatic carbocycles. The smallest absolute Gasteiger partial charge is 0.265 e. The van der Waals surface area contributed by atoms with Crippen LogP contribution >= 0.6 is 27.5 Å². The lowest BCUT2D eigenvalue weighted by molar-refractivity contribution is -0.122. The molecule has 0 aliphatic rings. The Balaban J connectivity index is 1.65. The summed E-state index contributed by atoms with van der Waals surface area (Å²) < 4.78 is 6.36. The van der Waals surface area contributed by atoms with Crippen molar-refractivity contribution >= 4 is 50.7 Å². The van der Waals surface area contributed by atoms with Crippen molar-refractivity contribution in [1.82, 2.24) is 0 Å². The molecule has 0 saturated heterocycles. The number of rotatable bonds is 6. The molecule has 0 aromatic heterocycles. The molecule has 1 atom stereocenters. The van der Waals surface area contributed by atoms with E-state index in [1.165, 1.54) is 0 Å². The van der Waals surface area contributed by atoms with Gasteiger partial charge in [0.2, 0.25) is 0 Å². The Labute approximate surface area is 188 Å². The first-order chi connectivity index (χ1) is 14.3. The van der Waals surface area contributed by atoms with Gasteiger partial charge in [-0.3, -0.25) is 9.59 Å². The first-order valence-corrected chi connectivity index (χ1v) is 10.4. The normalized spacial score (nSPS) is 11.5. The van der Waals surface area contributed by atoms with Crippen molar-refractivity contribution in [3.8, 4) is 5.75 Å². The molecule has 3 aromatic carbocycles. The van der Waals surface area contributed by atoms with Gasteiger partial charge in [0, 0.05) is 22.0 Å². The molecule has 0 spiro atoms. The van der Waals surface area contributed by atoms with Crippen LogP contribution in [0.1, 0.15) is 22.8 Å². The van der Waals surface area contributed by atoms with Crippen LogP contribution < -0.4 is 15.4 Å². The van der Waals surface area contributed by atoms with E-state index >= 15 is 0 Å². The summed E-state index contributed by atoms with van der Waals surface area (Å²) in [6.45, 7) is 3.60. The minimum Gasteiger partial charge on any atom is -0.480 e. The number of amides is 2. The number of anilines is 2. The molecule has 0 bridgehead atoms. The van der Waals surface area contributed by atoms with Crippen LogP contribution in [-0.2, 0) is 4.79 Å². The van der Waals surface area contributed by atoms with E-state index in [0.29, 0.717) is 32.2 Å². The molecule has 2 amide bonds. The lowest BCUT2D eigenvalue weighted by atomic mass is 10.1. The summed E-state index contributed by atoms with van der Waals surface area (Å²) in [7, 11) is 0. The number of halogens is 2. The van der Waals surface area contributed by atoms with Crippen LogP contribution in [0.2, 0.25) is 5.02 Å². The maximum atomic E-state index is 12.5. The molecule has 0 heterocycles. The van der Waals surface area contributed by atoms with E-state index in [1.807, 2.05) is 31.2 Å². The lowest BCUT2D eigenvalue weighted by Crippen LogP contribution is -2.30. The van der Waals surface area contributed by atoms with Crippen molar-refractivity contribution in [3.05, 3.63) is 87.4 Å². The molecule has 5 nitrogen and oxygen atoms in total. The van der Waals surface area contributed by atoms with Crippen LogP contribution in [0.5, 0.6) is 5.75 Å². The molecule has 0 aliphatic heterocycles. The van der Waals surface area contributed by atoms with E-state index in [1.54, 1.807) is 49.4 Å². The zero-order valence-corrected chi connectivity index (χ0v) is 18.8. The fourth-order valence-electron chi connectivity index (χ4n) is 2.72. The molecular weight excluding hydrogens is 468 g/mol. The van der Waals surface area contributed by atoms with Gasteiger partial charge in [0.15, 0.2) is 6.10 Å². The summed E-state index contributed by atoms with van der Waals surface area (Å²) in [6.07, 6.45) is -0.757. The summed E-state index contributed by atoms with van der Waals surface area (Å²) in [4.78, 5) is 25.1. The van der Waals surface area contributed by atoms with Crippen LogP contribution in [0.25, 0.3) is 0 Å². The van der Waals surface area contributed by atoms with Gasteiger partial charge in [0.25, 0.3) is 11.8 Å². The first kappa shape index (κ1) is 21.9. The van der Waals surface area contributed by atoms with Gasteiger partial charge in [-0.25, -0.2) is 0 Å². The highest BCUT2D eigenvalue weighted by molar-refractivity contribution is 9.10. The standard InChI is InChI=1S/C23H20BrClN2O3/c1-14-5-3-7-18(11-14)27-23(29)16-6-4-8-19(12-16)26-22(28)15(2)30-21-10-9-17(25)13-20(21)24/h3-13,15H,1-2H3,(H,26,28)(H,27,29). The van der Waals surface area contributed by atoms with Gasteiger partial charge in [-0.15, -0.1) is 0 Å². The number of benzene rings is 3. The Kier molecular flexibility index (Phi) is 7.13. The Bertz CT molecular complexity index is 1090. The molecule has 7 heteroatoms. The quantitative estimate of drug-likeness (QED) is 0.443. The summed E-state index contributed by atoms with van der Waals surface area (Å²) in [5.74, 6) is -0.0903. The van der Waals surface area contributed by atoms with Crippen LogP contribution in [0.4, 0.5) is 11.4 Å². The molecule has 2 N–H and O–H groups in total. The van der Waals surface area contributed by atoms with Gasteiger partial charge < -0.3 is 15.4 Å². The highest BCUT2D eigenvalue weighted by Crippen LogP contribution is 2.29. The number of hydrogen-bond donors (Lipinski definition) is 2. The molecule has 1 unspecified atom stereocenters. The van der Waals surface area contributed by atoms with Gasteiger partial charge in [-0.2, -0.15) is 0 Å². The second kappa shape index (κ2) is 9.78. The minimum absolute atomic E-state index is 0.258. The number of carbonyl (C=O) groups is 2. The molecule has 3 aromatic rings. The third kappa shape index (κ3) is 5.84. The van der Waals surface area contributed by atoms with Gasteiger partial charge in [-0.1, -0.05) is 29.8 Å². The minimum atomic E-state index is -0.757. The average molecular weight is 488 g/mol. The molecule has 3 rings (SSSR count). The van der Waals surface area contributed by atoms with E-state index in [0.717, 1.165) is 5.56 Å². The Morgan fingerprint density at radius 2 is 1.67 bits per heavy atom. The number of carbonyl (C=O) groups excluding carboxylic acids is 2. The van der Waals surface area contributed by atoms with Crippen LogP contribution in [0, 0.1) is 6.92 Å². The van der Waals surface area contributed by atoms with E-state index in [9.17, 15) is 9.59 Å². The first-order valence-electron chi connectivity index (χ1n) is 9.22. The summed E-state index contributed by atoms with van der Waals surface area (Å²) >= 11 is 9.29. The maximum absolute atomic E-state index is 12.5. The Hall–Kier alpha value is -2.83. The topological polar surface area (TPSA) is 67.4 Å². The number of nitrogens with one attached hydrogen (secondary N) is 2. The average Bonchev–Trinajstić information content (AvgIpc) is 2.70. The molecule has 30 heavy (non-hydrogen) atoms. The predicted octanol–water partition coefficient (Wildman–Crippen LogP) is 6.07. The molecular formula is C23H20BrClN2O3. The molecule has 0 saturated carbocycles. The van der Waals surface area contributed by atoms with Gasteiger partial charge >= 0.3 is 0 Å². The number of ether oxygens (including phenoxy) is 1. The van der Waals surface area contributed by atoms with Crippen molar-refractivity contribution < 1.29 is 14.3 Å². The molecule has 154 valence electrons. The van der Waals surface area contributed by atoms with E-state index in [2.05, 4.69) is 26.6 Å². The van der Waals surface area contributed by atoms with E-state index in [-0.39, 0.29) is 11.8 Å². The van der Waals surface area contributed by atoms with Gasteiger partial charge in [-0.05, 0) is 83.9 Å². The number of aryl methyl sites for hydroxylation is 1. The molecule has 0 radical (unpaired) electrons. The second-order valence-electron chi connectivity index (χ2n) is 6.73. The van der Waals surface area contributed by atoms with Crippen molar-refractivity contribution in [2.45, 2.75) is 20.0 Å². The van der Waals surface area contributed by atoms with Crippen LogP contribution in [-0.4, -0.2) is 17.9 Å². The highest BCUT2D eigenvalue weighted by Gasteiger charge is 2.17. The van der Waals surface area contributed by atoms with Crippen LogP contribution in [0.3, 0.4) is 0 Å². The SMILES string of the molecule is Cc1cccc(NC(=O)c2cccc(NC(=O)C(C)Oc3ccc(Cl)cc3Br)c2)c1. The zero-order chi connectivity index (χ0) is 21.7. The lowest BCUT2D eigenvalue weighted by Gasteiger charge is -2.16. The third-order valence-corrected chi connectivity index (χ3v) is 5.09. The highest BCUT2D eigenvalue weighted by atomic mass is 79.9. The summed E-state index contributed by atoms with van der Waals surface area (Å²) in [5.41, 5.74) is 2.70. The fraction of sp³-hybridized carbons (Fsp3) is 0.130. The second-order valence-corrected chi connectivity index (χ2v) is 8.02. The monoisotopic (exact) mass is 486 g/mol. The largest absolute Gasteiger partial charge is 0.480 e. The van der Waals surface area contributed by atoms with Crippen molar-refractivity contribution in [2.75, 3.05) is 10.6 Å². The maximum Gasteiger partial charge on any atom is 0.265 e. The van der Waals surface area contributed by atoms with Crippen molar-refractivity contribution in [3.63, 3.8) is 0 Å². The predicted molar refractivity (Wildman–Crippen MR) is 123 cm³/mol. The number of hydrogen-bond acceptors (Lipinski definition) is 3. The summed E-state index contributed by atoms with van der Waals surface area (Å²) in [5, 5.41) is 6.19. The summed E-state index contributed by atoms with van der Waals surface area (Å²) in [6, 6.07) is 19.3. The van der Waals surface area contributed by atoms with Crippen molar-refractivity contribution in [2.24, 2.45) is 0 Å². The van der Waals surface area contributed by atoms with Gasteiger partial charge in [0.1, 0.15) is 5.75 Å². The molecule has 0 fully saturated rings. The Morgan fingerprint density at radius 3 is 2.37 bits per heavy atom. The van der Waals surface area contributed by atoms with Crippen molar-refractivity contribution in [1.29, 1.82) is 0 Å². The van der Waals surface area contributed by atoms with E-state index < -0.39 is 6.10 Å². The Morgan fingerprint density at radius 1 is 0.967 bits per heavy atom. The fourth-order valence-corrected chi connectivity index (χ4v) is 3.50. The zero-order valence-electron chi connectivity index (χ0n) is 16.4. The van der Waals surface area contributed by atoms with E-state index in [4.69, 9.17) is 16.3 Å². The van der Waals surface area contributed by atoms with Gasteiger partial charge in [0.05, 0.1) is 4.47 Å². The van der Waals surface area contributed by atoms with Crippen LogP contribution in [0.15, 0.2) is 71.2 Å².